The van der Waals surface area contributed by atoms with Gasteiger partial charge < -0.3 is 24.3 Å². The molecule has 1 aliphatic heterocycles. The molecule has 1 saturated heterocycles. The number of amides is 1. The molecule has 0 bridgehead atoms. The number of ether oxygens (including phenoxy) is 4. The van der Waals surface area contributed by atoms with Gasteiger partial charge in [-0.2, -0.15) is 0 Å². The van der Waals surface area contributed by atoms with Crippen molar-refractivity contribution in [2.45, 2.75) is 18.8 Å². The van der Waals surface area contributed by atoms with Gasteiger partial charge in [0.2, 0.25) is 0 Å². The van der Waals surface area contributed by atoms with Gasteiger partial charge in [-0.05, 0) is 11.6 Å². The third-order valence-corrected chi connectivity index (χ3v) is 4.42. The van der Waals surface area contributed by atoms with Crippen molar-refractivity contribution >= 4 is 23.7 Å². The number of methoxy groups -OCH3 is 2. The van der Waals surface area contributed by atoms with Gasteiger partial charge in [0, 0.05) is 11.6 Å². The number of rotatable bonds is 6. The van der Waals surface area contributed by atoms with Crippen LogP contribution < -0.4 is 14.8 Å². The van der Waals surface area contributed by atoms with Gasteiger partial charge in [-0.25, -0.2) is 9.59 Å². The van der Waals surface area contributed by atoms with E-state index < -0.39 is 24.2 Å². The lowest BCUT2D eigenvalue weighted by Gasteiger charge is -2.19. The molecule has 7 nitrogen and oxygen atoms in total. The summed E-state index contributed by atoms with van der Waals surface area (Å²) in [6, 6.07) is 11.3. The van der Waals surface area contributed by atoms with Crippen molar-refractivity contribution in [2.24, 2.45) is 0 Å². The smallest absolute Gasteiger partial charge is 0.408 e. The molecule has 2 aromatic rings. The van der Waals surface area contributed by atoms with Crippen molar-refractivity contribution in [3.05, 3.63) is 58.6 Å². The molecule has 2 atom stereocenters. The Bertz CT molecular complexity index is 842. The lowest BCUT2D eigenvalue weighted by atomic mass is 10.0. The quantitative estimate of drug-likeness (QED) is 0.761. The van der Waals surface area contributed by atoms with Crippen molar-refractivity contribution < 1.29 is 28.5 Å². The first-order valence-corrected chi connectivity index (χ1v) is 8.50. The highest BCUT2D eigenvalue weighted by Gasteiger charge is 2.42. The fourth-order valence-electron chi connectivity index (χ4n) is 2.75. The second kappa shape index (κ2) is 8.18. The first-order chi connectivity index (χ1) is 13.0. The summed E-state index contributed by atoms with van der Waals surface area (Å²) in [6.45, 7) is 0.0818. The van der Waals surface area contributed by atoms with Crippen molar-refractivity contribution in [3.8, 4) is 11.5 Å². The van der Waals surface area contributed by atoms with E-state index in [2.05, 4.69) is 5.32 Å². The van der Waals surface area contributed by atoms with Crippen LogP contribution in [0.5, 0.6) is 11.5 Å². The van der Waals surface area contributed by atoms with Gasteiger partial charge in [0.25, 0.3) is 0 Å². The van der Waals surface area contributed by atoms with Gasteiger partial charge in [-0.3, -0.25) is 0 Å². The molecule has 2 aromatic carbocycles. The van der Waals surface area contributed by atoms with E-state index in [0.29, 0.717) is 17.1 Å². The predicted molar refractivity (Wildman–Crippen MR) is 96.9 cm³/mol. The Kier molecular flexibility index (Phi) is 5.71. The molecule has 0 saturated carbocycles. The second-order valence-electron chi connectivity index (χ2n) is 5.77. The Morgan fingerprint density at radius 3 is 2.48 bits per heavy atom. The zero-order valence-electron chi connectivity index (χ0n) is 14.7. The Labute approximate surface area is 161 Å². The molecule has 0 spiro atoms. The molecule has 1 aliphatic rings. The van der Waals surface area contributed by atoms with Gasteiger partial charge in [-0.15, -0.1) is 0 Å². The maximum absolute atomic E-state index is 12.5. The highest BCUT2D eigenvalue weighted by Crippen LogP contribution is 2.39. The average molecular weight is 392 g/mol. The van der Waals surface area contributed by atoms with Crippen LogP contribution in [-0.4, -0.2) is 32.3 Å². The number of halogens is 1. The molecule has 1 heterocycles. The number of carbonyl (C=O) groups is 2. The highest BCUT2D eigenvalue weighted by atomic mass is 35.5. The molecular formula is C19H18ClNO6. The van der Waals surface area contributed by atoms with Crippen LogP contribution in [0.2, 0.25) is 5.02 Å². The number of nitrogens with one attached hydrogen (secondary N) is 1. The molecule has 1 fully saturated rings. The Morgan fingerprint density at radius 1 is 1.15 bits per heavy atom. The van der Waals surface area contributed by atoms with Gasteiger partial charge in [-0.1, -0.05) is 41.9 Å². The number of esters is 1. The third-order valence-electron chi connectivity index (χ3n) is 4.10. The van der Waals surface area contributed by atoms with E-state index in [1.165, 1.54) is 20.3 Å². The lowest BCUT2D eigenvalue weighted by Crippen LogP contribution is -2.37. The van der Waals surface area contributed by atoms with Crippen LogP contribution in [0.3, 0.4) is 0 Å². The summed E-state index contributed by atoms with van der Waals surface area (Å²) in [5.41, 5.74) is 1.24. The molecule has 1 amide bonds. The number of hydrogen-bond donors (Lipinski definition) is 1. The number of benzene rings is 2. The SMILES string of the molecule is COc1cc(Cl)c(C2OC(=O)NC2C(=O)OCc2ccccc2)cc1OC. The van der Waals surface area contributed by atoms with Crippen LogP contribution in [0.4, 0.5) is 4.79 Å². The van der Waals surface area contributed by atoms with Crippen molar-refractivity contribution in [1.29, 1.82) is 0 Å². The molecule has 1 N–H and O–H groups in total. The summed E-state index contributed by atoms with van der Waals surface area (Å²) in [4.78, 5) is 24.3. The Balaban J connectivity index is 1.81. The van der Waals surface area contributed by atoms with Crippen LogP contribution in [0.25, 0.3) is 0 Å². The summed E-state index contributed by atoms with van der Waals surface area (Å²) in [5.74, 6) is 0.198. The summed E-state index contributed by atoms with van der Waals surface area (Å²) >= 11 is 6.30. The van der Waals surface area contributed by atoms with Gasteiger partial charge in [0.1, 0.15) is 6.61 Å². The first kappa shape index (κ1) is 18.8. The fraction of sp³-hybridized carbons (Fsp3) is 0.263. The molecule has 0 radical (unpaired) electrons. The van der Waals surface area contributed by atoms with E-state index in [4.69, 9.17) is 30.5 Å². The minimum absolute atomic E-state index is 0.0818. The summed E-state index contributed by atoms with van der Waals surface area (Å²) in [5, 5.41) is 2.74. The van der Waals surface area contributed by atoms with Crippen LogP contribution in [0.1, 0.15) is 17.2 Å². The fourth-order valence-corrected chi connectivity index (χ4v) is 3.01. The summed E-state index contributed by atoms with van der Waals surface area (Å²) in [6.07, 6.45) is -1.68. The van der Waals surface area contributed by atoms with E-state index in [1.54, 1.807) is 6.07 Å². The molecule has 2 unspecified atom stereocenters. The second-order valence-corrected chi connectivity index (χ2v) is 6.18. The molecule has 3 rings (SSSR count). The van der Waals surface area contributed by atoms with Crippen molar-refractivity contribution in [2.75, 3.05) is 14.2 Å². The number of hydrogen-bond acceptors (Lipinski definition) is 6. The van der Waals surface area contributed by atoms with E-state index in [1.807, 2.05) is 30.3 Å². The van der Waals surface area contributed by atoms with Crippen LogP contribution in [0, 0.1) is 0 Å². The molecular weight excluding hydrogens is 374 g/mol. The molecule has 0 aliphatic carbocycles. The molecule has 8 heteroatoms. The Hall–Kier alpha value is -2.93. The average Bonchev–Trinajstić information content (AvgIpc) is 3.08. The van der Waals surface area contributed by atoms with E-state index in [-0.39, 0.29) is 11.6 Å². The molecule has 142 valence electrons. The monoisotopic (exact) mass is 391 g/mol. The zero-order chi connectivity index (χ0) is 19.4. The topological polar surface area (TPSA) is 83.1 Å². The van der Waals surface area contributed by atoms with Gasteiger partial charge in [0.05, 0.1) is 19.2 Å². The number of carbonyl (C=O) groups excluding carboxylic acids is 2. The van der Waals surface area contributed by atoms with E-state index >= 15 is 0 Å². The largest absolute Gasteiger partial charge is 0.493 e. The lowest BCUT2D eigenvalue weighted by molar-refractivity contribution is -0.148. The van der Waals surface area contributed by atoms with Crippen molar-refractivity contribution in [1.82, 2.24) is 5.32 Å². The van der Waals surface area contributed by atoms with E-state index in [9.17, 15) is 9.59 Å². The predicted octanol–water partition coefficient (Wildman–Crippen LogP) is 3.25. The highest BCUT2D eigenvalue weighted by molar-refractivity contribution is 6.31. The minimum atomic E-state index is -1.03. The molecule has 27 heavy (non-hydrogen) atoms. The van der Waals surface area contributed by atoms with Crippen LogP contribution in [0.15, 0.2) is 42.5 Å². The summed E-state index contributed by atoms with van der Waals surface area (Å²) in [7, 11) is 2.95. The normalized spacial score (nSPS) is 18.4. The number of cyclic esters (lactones) is 1. The first-order valence-electron chi connectivity index (χ1n) is 8.12. The molecule has 0 aromatic heterocycles. The number of alkyl carbamates (subject to hydrolysis) is 1. The Morgan fingerprint density at radius 2 is 1.81 bits per heavy atom. The maximum Gasteiger partial charge on any atom is 0.408 e. The van der Waals surface area contributed by atoms with E-state index in [0.717, 1.165) is 5.56 Å². The zero-order valence-corrected chi connectivity index (χ0v) is 15.5. The minimum Gasteiger partial charge on any atom is -0.493 e. The van der Waals surface area contributed by atoms with Crippen molar-refractivity contribution in [3.63, 3.8) is 0 Å². The standard InChI is InChI=1S/C19H18ClNO6/c1-24-14-8-12(13(20)9-15(14)25-2)17-16(21-19(23)27-17)18(22)26-10-11-6-4-3-5-7-11/h3-9,16-17H,10H2,1-2H3,(H,21,23). The van der Waals surface area contributed by atoms with Gasteiger partial charge in [0.15, 0.2) is 23.6 Å². The van der Waals surface area contributed by atoms with Crippen LogP contribution >= 0.6 is 11.6 Å². The van der Waals surface area contributed by atoms with Crippen LogP contribution in [-0.2, 0) is 20.9 Å². The third kappa shape index (κ3) is 4.09. The maximum atomic E-state index is 12.5. The van der Waals surface area contributed by atoms with Gasteiger partial charge >= 0.3 is 12.1 Å². The summed E-state index contributed by atoms with van der Waals surface area (Å²) < 4.78 is 21.0.